The minimum atomic E-state index is -0.424. The lowest BCUT2D eigenvalue weighted by Gasteiger charge is -2.48. The van der Waals surface area contributed by atoms with Gasteiger partial charge in [-0.15, -0.1) is 0 Å². The standard InChI is InChI=1S/C14H27N3O3/c1-14(2,3)20-13(19)17-6-4-16(5-7-17)12-10-15(11-12)8-9-18/h12,18H,4-11H2,1-3H3. The summed E-state index contributed by atoms with van der Waals surface area (Å²) in [4.78, 5) is 18.5. The maximum atomic E-state index is 12.0. The molecule has 116 valence electrons. The zero-order chi connectivity index (χ0) is 14.8. The molecule has 2 aliphatic rings. The van der Waals surface area contributed by atoms with Crippen LogP contribution < -0.4 is 0 Å². The molecule has 2 fully saturated rings. The highest BCUT2D eigenvalue weighted by atomic mass is 16.6. The Morgan fingerprint density at radius 3 is 2.30 bits per heavy atom. The van der Waals surface area contributed by atoms with Gasteiger partial charge in [-0.2, -0.15) is 0 Å². The molecule has 2 heterocycles. The SMILES string of the molecule is CC(C)(C)OC(=O)N1CCN(C2CN(CCO)C2)CC1. The van der Waals surface area contributed by atoms with Gasteiger partial charge in [0.2, 0.25) is 0 Å². The van der Waals surface area contributed by atoms with E-state index in [-0.39, 0.29) is 12.7 Å². The number of β-amino-alcohol motifs (C(OH)–C–C–N with tert-alkyl or cyclic N) is 1. The summed E-state index contributed by atoms with van der Waals surface area (Å²) in [5, 5.41) is 8.87. The molecular weight excluding hydrogens is 258 g/mol. The second-order valence-electron chi connectivity index (χ2n) is 6.64. The van der Waals surface area contributed by atoms with E-state index in [1.807, 2.05) is 20.8 Å². The summed E-state index contributed by atoms with van der Waals surface area (Å²) in [6.45, 7) is 12.1. The topological polar surface area (TPSA) is 56.2 Å². The van der Waals surface area contributed by atoms with Gasteiger partial charge in [0.05, 0.1) is 6.61 Å². The number of carbonyl (C=O) groups excluding carboxylic acids is 1. The van der Waals surface area contributed by atoms with Crippen molar-refractivity contribution in [3.8, 4) is 0 Å². The minimum absolute atomic E-state index is 0.201. The lowest BCUT2D eigenvalue weighted by atomic mass is 10.1. The fourth-order valence-electron chi connectivity index (χ4n) is 2.69. The van der Waals surface area contributed by atoms with Crippen molar-refractivity contribution in [2.75, 3.05) is 52.4 Å². The van der Waals surface area contributed by atoms with Gasteiger partial charge in [-0.1, -0.05) is 0 Å². The average molecular weight is 285 g/mol. The highest BCUT2D eigenvalue weighted by Crippen LogP contribution is 2.17. The average Bonchev–Trinajstić information content (AvgIpc) is 2.31. The summed E-state index contributed by atoms with van der Waals surface area (Å²) in [7, 11) is 0. The second kappa shape index (κ2) is 6.28. The molecule has 0 aliphatic carbocycles. The first kappa shape index (κ1) is 15.5. The van der Waals surface area contributed by atoms with Gasteiger partial charge in [0.15, 0.2) is 0 Å². The highest BCUT2D eigenvalue weighted by molar-refractivity contribution is 5.68. The van der Waals surface area contributed by atoms with Gasteiger partial charge in [0.1, 0.15) is 5.60 Å². The van der Waals surface area contributed by atoms with Crippen molar-refractivity contribution in [2.45, 2.75) is 32.4 Å². The number of carbonyl (C=O) groups is 1. The van der Waals surface area contributed by atoms with Crippen molar-refractivity contribution in [3.05, 3.63) is 0 Å². The van der Waals surface area contributed by atoms with E-state index in [1.54, 1.807) is 4.90 Å². The molecule has 0 saturated carbocycles. The van der Waals surface area contributed by atoms with E-state index in [4.69, 9.17) is 9.84 Å². The minimum Gasteiger partial charge on any atom is -0.444 e. The van der Waals surface area contributed by atoms with Crippen LogP contribution in [0.3, 0.4) is 0 Å². The van der Waals surface area contributed by atoms with E-state index in [0.29, 0.717) is 6.04 Å². The largest absolute Gasteiger partial charge is 0.444 e. The van der Waals surface area contributed by atoms with E-state index in [9.17, 15) is 4.79 Å². The van der Waals surface area contributed by atoms with E-state index < -0.39 is 5.60 Å². The number of hydrogen-bond acceptors (Lipinski definition) is 5. The molecule has 1 amide bonds. The molecule has 0 atom stereocenters. The molecule has 0 aromatic heterocycles. The number of likely N-dealkylation sites (tertiary alicyclic amines) is 1. The van der Waals surface area contributed by atoms with Crippen molar-refractivity contribution in [2.24, 2.45) is 0 Å². The third-order valence-electron chi connectivity index (χ3n) is 3.84. The zero-order valence-electron chi connectivity index (χ0n) is 12.8. The number of ether oxygens (including phenoxy) is 1. The fourth-order valence-corrected chi connectivity index (χ4v) is 2.69. The van der Waals surface area contributed by atoms with Crippen LogP contribution in [-0.2, 0) is 4.74 Å². The quantitative estimate of drug-likeness (QED) is 0.804. The van der Waals surface area contributed by atoms with E-state index in [2.05, 4.69) is 9.80 Å². The van der Waals surface area contributed by atoms with Gasteiger partial charge >= 0.3 is 6.09 Å². The van der Waals surface area contributed by atoms with Crippen molar-refractivity contribution in [3.63, 3.8) is 0 Å². The number of aliphatic hydroxyl groups is 1. The van der Waals surface area contributed by atoms with Gasteiger partial charge in [-0.3, -0.25) is 9.80 Å². The summed E-state index contributed by atoms with van der Waals surface area (Å²) in [5.41, 5.74) is -0.424. The van der Waals surface area contributed by atoms with Gasteiger partial charge < -0.3 is 14.7 Å². The van der Waals surface area contributed by atoms with Crippen LogP contribution in [0, 0.1) is 0 Å². The normalized spacial score (nSPS) is 22.7. The maximum Gasteiger partial charge on any atom is 0.410 e. The number of amides is 1. The number of hydrogen-bond donors (Lipinski definition) is 1. The maximum absolute atomic E-state index is 12.0. The number of nitrogens with zero attached hydrogens (tertiary/aromatic N) is 3. The molecule has 0 unspecified atom stereocenters. The fraction of sp³-hybridized carbons (Fsp3) is 0.929. The van der Waals surface area contributed by atoms with Crippen LogP contribution in [0.1, 0.15) is 20.8 Å². The first-order valence-electron chi connectivity index (χ1n) is 7.44. The smallest absolute Gasteiger partial charge is 0.410 e. The predicted octanol–water partition coefficient (Wildman–Crippen LogP) is 0.216. The Kier molecular flexibility index (Phi) is 4.88. The highest BCUT2D eigenvalue weighted by Gasteiger charge is 2.34. The molecule has 1 N–H and O–H groups in total. The summed E-state index contributed by atoms with van der Waals surface area (Å²) in [5.74, 6) is 0. The molecule has 0 aromatic rings. The molecular formula is C14H27N3O3. The van der Waals surface area contributed by atoms with E-state index >= 15 is 0 Å². The second-order valence-corrected chi connectivity index (χ2v) is 6.64. The molecule has 6 heteroatoms. The van der Waals surface area contributed by atoms with Crippen LogP contribution in [0.25, 0.3) is 0 Å². The number of piperazine rings is 1. The van der Waals surface area contributed by atoms with Crippen LogP contribution in [0.2, 0.25) is 0 Å². The van der Waals surface area contributed by atoms with E-state index in [1.165, 1.54) is 0 Å². The Morgan fingerprint density at radius 2 is 1.80 bits per heavy atom. The van der Waals surface area contributed by atoms with E-state index in [0.717, 1.165) is 45.8 Å². The molecule has 2 saturated heterocycles. The van der Waals surface area contributed by atoms with Gasteiger partial charge in [-0.25, -0.2) is 4.79 Å². The number of rotatable bonds is 3. The van der Waals surface area contributed by atoms with Crippen LogP contribution in [0.15, 0.2) is 0 Å². The van der Waals surface area contributed by atoms with Crippen molar-refractivity contribution >= 4 is 6.09 Å². The molecule has 0 aromatic carbocycles. The molecule has 6 nitrogen and oxygen atoms in total. The Hall–Kier alpha value is -0.850. The lowest BCUT2D eigenvalue weighted by molar-refractivity contribution is -0.0155. The molecule has 0 bridgehead atoms. The lowest BCUT2D eigenvalue weighted by Crippen LogP contribution is -2.63. The first-order chi connectivity index (χ1) is 9.39. The summed E-state index contributed by atoms with van der Waals surface area (Å²) < 4.78 is 5.39. The Morgan fingerprint density at radius 1 is 1.20 bits per heavy atom. The van der Waals surface area contributed by atoms with Crippen molar-refractivity contribution < 1.29 is 14.6 Å². The Bertz CT molecular complexity index is 329. The van der Waals surface area contributed by atoms with Gasteiger partial charge in [0, 0.05) is 51.9 Å². The third-order valence-corrected chi connectivity index (χ3v) is 3.84. The summed E-state index contributed by atoms with van der Waals surface area (Å²) >= 11 is 0. The van der Waals surface area contributed by atoms with Gasteiger partial charge in [-0.05, 0) is 20.8 Å². The van der Waals surface area contributed by atoms with Crippen LogP contribution in [-0.4, -0.2) is 90.0 Å². The molecule has 2 rings (SSSR count). The van der Waals surface area contributed by atoms with Crippen molar-refractivity contribution in [1.82, 2.24) is 14.7 Å². The molecule has 0 radical (unpaired) electrons. The monoisotopic (exact) mass is 285 g/mol. The Labute approximate surface area is 121 Å². The summed E-state index contributed by atoms with van der Waals surface area (Å²) in [6.07, 6.45) is -0.201. The zero-order valence-corrected chi connectivity index (χ0v) is 12.8. The van der Waals surface area contributed by atoms with Crippen LogP contribution in [0.4, 0.5) is 4.79 Å². The molecule has 20 heavy (non-hydrogen) atoms. The molecule has 2 aliphatic heterocycles. The summed E-state index contributed by atoms with van der Waals surface area (Å²) in [6, 6.07) is 0.585. The Balaban J connectivity index is 1.69. The first-order valence-corrected chi connectivity index (χ1v) is 7.44. The van der Waals surface area contributed by atoms with Gasteiger partial charge in [0.25, 0.3) is 0 Å². The van der Waals surface area contributed by atoms with Crippen LogP contribution in [0.5, 0.6) is 0 Å². The predicted molar refractivity (Wildman–Crippen MR) is 76.7 cm³/mol. The van der Waals surface area contributed by atoms with Crippen molar-refractivity contribution in [1.29, 1.82) is 0 Å². The number of aliphatic hydroxyl groups excluding tert-OH is 1. The third kappa shape index (κ3) is 4.07. The molecule has 0 spiro atoms. The van der Waals surface area contributed by atoms with Crippen LogP contribution >= 0.6 is 0 Å².